The molecule has 0 heterocycles. The van der Waals surface area contributed by atoms with E-state index in [0.29, 0.717) is 6.61 Å². The molecule has 0 saturated carbocycles. The van der Waals surface area contributed by atoms with Crippen LogP contribution in [0.4, 0.5) is 0 Å². The van der Waals surface area contributed by atoms with Crippen molar-refractivity contribution >= 4 is 5.97 Å². The van der Waals surface area contributed by atoms with Crippen LogP contribution in [0.5, 0.6) is 0 Å². The van der Waals surface area contributed by atoms with Crippen molar-refractivity contribution in [2.75, 3.05) is 20.8 Å². The highest BCUT2D eigenvalue weighted by molar-refractivity contribution is 5.66. The topological polar surface area (TPSA) is 44.8 Å². The van der Waals surface area contributed by atoms with Gasteiger partial charge in [-0.2, -0.15) is 0 Å². The molecule has 0 rings (SSSR count). The maximum atomic E-state index is 10.5. The van der Waals surface area contributed by atoms with Crippen LogP contribution in [-0.2, 0) is 19.0 Å². The molecular weight excluding hydrogens is 160 g/mol. The summed E-state index contributed by atoms with van der Waals surface area (Å²) in [5, 5.41) is 0. The molecule has 0 bridgehead atoms. The number of carbonyl (C=O) groups excluding carboxylic acids is 1. The van der Waals surface area contributed by atoms with Crippen LogP contribution >= 0.6 is 0 Å². The summed E-state index contributed by atoms with van der Waals surface area (Å²) in [7, 11) is 3.04. The van der Waals surface area contributed by atoms with Crippen molar-refractivity contribution in [1.82, 2.24) is 0 Å². The predicted octanol–water partition coefficient (Wildman–Crippen LogP) is 0.725. The van der Waals surface area contributed by atoms with Crippen molar-refractivity contribution in [3.05, 3.63) is 12.2 Å². The van der Waals surface area contributed by atoms with Crippen molar-refractivity contribution in [1.29, 1.82) is 0 Å². The van der Waals surface area contributed by atoms with E-state index in [0.717, 1.165) is 0 Å². The fourth-order valence-electron chi connectivity index (χ4n) is 0.592. The monoisotopic (exact) mass is 174 g/mol. The van der Waals surface area contributed by atoms with Crippen molar-refractivity contribution < 1.29 is 19.0 Å². The van der Waals surface area contributed by atoms with Gasteiger partial charge in [-0.05, 0) is 6.08 Å². The Morgan fingerprint density at radius 2 is 2.17 bits per heavy atom. The van der Waals surface area contributed by atoms with Crippen LogP contribution in [0.1, 0.15) is 6.92 Å². The summed E-state index contributed by atoms with van der Waals surface area (Å²) in [6.45, 7) is 1.80. The summed E-state index contributed by atoms with van der Waals surface area (Å²) in [5.41, 5.74) is 0. The lowest BCUT2D eigenvalue weighted by atomic mass is 10.5. The van der Waals surface area contributed by atoms with Crippen LogP contribution < -0.4 is 0 Å². The van der Waals surface area contributed by atoms with E-state index in [1.54, 1.807) is 19.3 Å². The Hall–Kier alpha value is -0.870. The number of methoxy groups -OCH3 is 2. The molecule has 0 aromatic rings. The molecule has 1 atom stereocenters. The molecule has 0 amide bonds. The van der Waals surface area contributed by atoms with E-state index in [1.165, 1.54) is 14.0 Å². The minimum absolute atomic E-state index is 0.371. The quantitative estimate of drug-likeness (QED) is 0.350. The highest BCUT2D eigenvalue weighted by atomic mass is 16.7. The zero-order chi connectivity index (χ0) is 9.40. The largest absolute Gasteiger partial charge is 0.432 e. The van der Waals surface area contributed by atoms with E-state index in [2.05, 4.69) is 0 Å². The van der Waals surface area contributed by atoms with Gasteiger partial charge in [0.15, 0.2) is 0 Å². The van der Waals surface area contributed by atoms with Crippen molar-refractivity contribution in [3.63, 3.8) is 0 Å². The third-order valence-corrected chi connectivity index (χ3v) is 1.07. The molecule has 1 unspecified atom stereocenters. The minimum atomic E-state index is -0.613. The van der Waals surface area contributed by atoms with Gasteiger partial charge in [-0.15, -0.1) is 0 Å². The third-order valence-electron chi connectivity index (χ3n) is 1.07. The van der Waals surface area contributed by atoms with Gasteiger partial charge in [-0.25, -0.2) is 0 Å². The van der Waals surface area contributed by atoms with Gasteiger partial charge in [-0.1, -0.05) is 6.08 Å². The fourth-order valence-corrected chi connectivity index (χ4v) is 0.592. The second-order valence-corrected chi connectivity index (χ2v) is 2.10. The van der Waals surface area contributed by atoms with Gasteiger partial charge in [-0.3, -0.25) is 4.79 Å². The molecular formula is C8H14O4. The lowest BCUT2D eigenvalue weighted by molar-refractivity contribution is -0.162. The molecule has 4 nitrogen and oxygen atoms in total. The number of hydrogen-bond acceptors (Lipinski definition) is 4. The van der Waals surface area contributed by atoms with Gasteiger partial charge in [0.25, 0.3) is 0 Å². The van der Waals surface area contributed by atoms with Gasteiger partial charge >= 0.3 is 5.97 Å². The van der Waals surface area contributed by atoms with Crippen LogP contribution in [0.3, 0.4) is 0 Å². The highest BCUT2D eigenvalue weighted by Gasteiger charge is 2.04. The van der Waals surface area contributed by atoms with E-state index < -0.39 is 6.29 Å². The van der Waals surface area contributed by atoms with Gasteiger partial charge in [0.1, 0.15) is 0 Å². The van der Waals surface area contributed by atoms with E-state index >= 15 is 0 Å². The Labute approximate surface area is 72.1 Å². The predicted molar refractivity (Wildman–Crippen MR) is 43.6 cm³/mol. The first-order valence-corrected chi connectivity index (χ1v) is 3.56. The molecule has 0 aliphatic heterocycles. The standard InChI is InChI=1S/C8H14O4/c1-7(9)12-8(11-3)5-4-6-10-2/h4-5,8H,6H2,1-3H3/b5-4+. The summed E-state index contributed by atoms with van der Waals surface area (Å²) >= 11 is 0. The molecule has 12 heavy (non-hydrogen) atoms. The Balaban J connectivity index is 3.73. The number of esters is 1. The summed E-state index contributed by atoms with van der Waals surface area (Å²) < 4.78 is 14.3. The van der Waals surface area contributed by atoms with Crippen LogP contribution in [0.25, 0.3) is 0 Å². The minimum Gasteiger partial charge on any atom is -0.432 e. The van der Waals surface area contributed by atoms with E-state index in [4.69, 9.17) is 14.2 Å². The molecule has 4 heteroatoms. The summed E-state index contributed by atoms with van der Waals surface area (Å²) in [6, 6.07) is 0. The number of hydrogen-bond donors (Lipinski definition) is 0. The Bertz CT molecular complexity index is 153. The van der Waals surface area contributed by atoms with Crippen LogP contribution in [0.15, 0.2) is 12.2 Å². The molecule has 0 aliphatic carbocycles. The first kappa shape index (κ1) is 11.1. The molecule has 0 saturated heterocycles. The maximum Gasteiger partial charge on any atom is 0.305 e. The molecule has 0 fully saturated rings. The zero-order valence-electron chi connectivity index (χ0n) is 7.57. The normalized spacial score (nSPS) is 13.2. The van der Waals surface area contributed by atoms with E-state index in [-0.39, 0.29) is 5.97 Å². The van der Waals surface area contributed by atoms with Crippen LogP contribution in [0.2, 0.25) is 0 Å². The maximum absolute atomic E-state index is 10.5. The second kappa shape index (κ2) is 6.82. The first-order chi connectivity index (χ1) is 5.70. The van der Waals surface area contributed by atoms with Gasteiger partial charge in [0, 0.05) is 21.1 Å². The van der Waals surface area contributed by atoms with E-state index in [9.17, 15) is 4.79 Å². The molecule has 70 valence electrons. The van der Waals surface area contributed by atoms with Crippen LogP contribution in [0, 0.1) is 0 Å². The zero-order valence-corrected chi connectivity index (χ0v) is 7.57. The molecule has 0 aliphatic rings. The third kappa shape index (κ3) is 5.88. The van der Waals surface area contributed by atoms with Crippen molar-refractivity contribution in [2.24, 2.45) is 0 Å². The van der Waals surface area contributed by atoms with Crippen LogP contribution in [-0.4, -0.2) is 33.1 Å². The molecule has 0 spiro atoms. The highest BCUT2D eigenvalue weighted by Crippen LogP contribution is 1.95. The number of rotatable bonds is 5. The average Bonchev–Trinajstić information content (AvgIpc) is 2.02. The molecule has 0 aromatic carbocycles. The van der Waals surface area contributed by atoms with Gasteiger partial charge < -0.3 is 14.2 Å². The Kier molecular flexibility index (Phi) is 6.32. The van der Waals surface area contributed by atoms with E-state index in [1.807, 2.05) is 0 Å². The Morgan fingerprint density at radius 1 is 1.50 bits per heavy atom. The SMILES string of the molecule is COC/C=C/C(OC)OC(C)=O. The van der Waals surface area contributed by atoms with Crippen molar-refractivity contribution in [3.8, 4) is 0 Å². The average molecular weight is 174 g/mol. The Morgan fingerprint density at radius 3 is 2.58 bits per heavy atom. The number of carbonyl (C=O) groups is 1. The second-order valence-electron chi connectivity index (χ2n) is 2.10. The summed E-state index contributed by atoms with van der Waals surface area (Å²) in [6.07, 6.45) is 2.72. The van der Waals surface area contributed by atoms with Crippen molar-refractivity contribution in [2.45, 2.75) is 13.2 Å². The smallest absolute Gasteiger partial charge is 0.305 e. The molecule has 0 aromatic heterocycles. The van der Waals surface area contributed by atoms with Gasteiger partial charge in [0.05, 0.1) is 6.61 Å². The lowest BCUT2D eigenvalue weighted by Crippen LogP contribution is -2.15. The molecule has 0 radical (unpaired) electrons. The van der Waals surface area contributed by atoms with Gasteiger partial charge in [0.2, 0.25) is 6.29 Å². The fraction of sp³-hybridized carbons (Fsp3) is 0.625. The number of ether oxygens (including phenoxy) is 3. The summed E-state index contributed by atoms with van der Waals surface area (Å²) in [5.74, 6) is -0.371. The first-order valence-electron chi connectivity index (χ1n) is 3.56. The molecule has 0 N–H and O–H groups in total. The summed E-state index contributed by atoms with van der Waals surface area (Å²) in [4.78, 5) is 10.5. The lowest BCUT2D eigenvalue weighted by Gasteiger charge is -2.09.